The van der Waals surface area contributed by atoms with Gasteiger partial charge in [-0.05, 0) is 37.5 Å². The number of sulfone groups is 1. The molecule has 1 heterocycles. The van der Waals surface area contributed by atoms with E-state index in [4.69, 9.17) is 11.6 Å². The standard InChI is InChI=1S/C14H17ClN2O4S/c1-9(12-7-11(15)2-3-13(12)18)16-17-14(19)6-10-4-5-22(20,21)8-10/h2-3,7,10,18H,4-6,8H2,1H3,(H,17,19)/b16-9+/t10-/m1/s1. The van der Waals surface area contributed by atoms with E-state index in [0.717, 1.165) is 0 Å². The van der Waals surface area contributed by atoms with Crippen molar-refractivity contribution in [1.82, 2.24) is 5.43 Å². The van der Waals surface area contributed by atoms with Crippen molar-refractivity contribution in [1.29, 1.82) is 0 Å². The quantitative estimate of drug-likeness (QED) is 0.642. The number of phenolic OH excluding ortho intramolecular Hbond substituents is 1. The maximum absolute atomic E-state index is 11.8. The molecule has 1 aliphatic rings. The molecule has 1 saturated heterocycles. The fraction of sp³-hybridized carbons (Fsp3) is 0.429. The van der Waals surface area contributed by atoms with Crippen LogP contribution in [-0.4, -0.2) is 36.6 Å². The van der Waals surface area contributed by atoms with Crippen LogP contribution in [0.2, 0.25) is 5.02 Å². The average Bonchev–Trinajstić information content (AvgIpc) is 2.78. The predicted octanol–water partition coefficient (Wildman–Crippen LogP) is 1.71. The van der Waals surface area contributed by atoms with Gasteiger partial charge in [-0.1, -0.05) is 11.6 Å². The van der Waals surface area contributed by atoms with Gasteiger partial charge in [-0.25, -0.2) is 13.8 Å². The Kier molecular flexibility index (Phi) is 5.08. The van der Waals surface area contributed by atoms with Crippen LogP contribution in [0, 0.1) is 5.92 Å². The third-order valence-electron chi connectivity index (χ3n) is 3.50. The van der Waals surface area contributed by atoms with Gasteiger partial charge in [0, 0.05) is 17.0 Å². The number of hydrogen-bond donors (Lipinski definition) is 2. The highest BCUT2D eigenvalue weighted by Gasteiger charge is 2.29. The smallest absolute Gasteiger partial charge is 0.240 e. The second-order valence-electron chi connectivity index (χ2n) is 5.37. The van der Waals surface area contributed by atoms with E-state index in [2.05, 4.69) is 10.5 Å². The van der Waals surface area contributed by atoms with Crippen molar-refractivity contribution in [3.8, 4) is 5.75 Å². The van der Waals surface area contributed by atoms with Gasteiger partial charge >= 0.3 is 0 Å². The summed E-state index contributed by atoms with van der Waals surface area (Å²) in [7, 11) is -2.99. The van der Waals surface area contributed by atoms with E-state index in [9.17, 15) is 18.3 Å². The van der Waals surface area contributed by atoms with E-state index in [1.807, 2.05) is 0 Å². The van der Waals surface area contributed by atoms with Crippen molar-refractivity contribution >= 4 is 33.1 Å². The Bertz CT molecular complexity index is 716. The van der Waals surface area contributed by atoms with Crippen molar-refractivity contribution < 1.29 is 18.3 Å². The molecule has 120 valence electrons. The summed E-state index contributed by atoms with van der Waals surface area (Å²) in [4.78, 5) is 11.8. The molecule has 2 N–H and O–H groups in total. The Labute approximate surface area is 134 Å². The molecule has 6 nitrogen and oxygen atoms in total. The van der Waals surface area contributed by atoms with Crippen LogP contribution in [0.5, 0.6) is 5.75 Å². The second-order valence-corrected chi connectivity index (χ2v) is 8.03. The van der Waals surface area contributed by atoms with E-state index in [0.29, 0.717) is 22.7 Å². The molecule has 1 atom stereocenters. The molecule has 1 aromatic carbocycles. The van der Waals surface area contributed by atoms with Gasteiger partial charge in [0.15, 0.2) is 9.84 Å². The molecule has 1 amide bonds. The first kappa shape index (κ1) is 16.8. The van der Waals surface area contributed by atoms with E-state index >= 15 is 0 Å². The summed E-state index contributed by atoms with van der Waals surface area (Å²) in [5.41, 5.74) is 3.22. The number of benzene rings is 1. The summed E-state index contributed by atoms with van der Waals surface area (Å²) in [6.45, 7) is 1.63. The van der Waals surface area contributed by atoms with Crippen molar-refractivity contribution in [3.05, 3.63) is 28.8 Å². The van der Waals surface area contributed by atoms with Crippen LogP contribution in [0.25, 0.3) is 0 Å². The third-order valence-corrected chi connectivity index (χ3v) is 5.57. The first-order chi connectivity index (χ1) is 10.3. The van der Waals surface area contributed by atoms with Gasteiger partial charge < -0.3 is 5.11 Å². The number of aromatic hydroxyl groups is 1. The van der Waals surface area contributed by atoms with Crippen LogP contribution in [0.15, 0.2) is 23.3 Å². The Morgan fingerprint density at radius 1 is 1.50 bits per heavy atom. The van der Waals surface area contributed by atoms with E-state index in [1.54, 1.807) is 19.1 Å². The molecule has 0 radical (unpaired) electrons. The summed E-state index contributed by atoms with van der Waals surface area (Å²) in [5.74, 6) is -0.285. The lowest BCUT2D eigenvalue weighted by Crippen LogP contribution is -2.22. The normalized spacial score (nSPS) is 20.8. The largest absolute Gasteiger partial charge is 0.507 e. The fourth-order valence-electron chi connectivity index (χ4n) is 2.35. The zero-order valence-corrected chi connectivity index (χ0v) is 13.6. The van der Waals surface area contributed by atoms with Gasteiger partial charge in [-0.15, -0.1) is 0 Å². The zero-order valence-electron chi connectivity index (χ0n) is 12.0. The van der Waals surface area contributed by atoms with E-state index < -0.39 is 9.84 Å². The number of carbonyl (C=O) groups excluding carboxylic acids is 1. The SMILES string of the molecule is C/C(=N\NC(=O)C[C@H]1CCS(=O)(=O)C1)c1cc(Cl)ccc1O. The highest BCUT2D eigenvalue weighted by atomic mass is 35.5. The molecular weight excluding hydrogens is 328 g/mol. The predicted molar refractivity (Wildman–Crippen MR) is 84.8 cm³/mol. The monoisotopic (exact) mass is 344 g/mol. The number of halogens is 1. The molecule has 1 aromatic rings. The minimum absolute atomic E-state index is 0.0155. The molecule has 8 heteroatoms. The number of hydrogen-bond acceptors (Lipinski definition) is 5. The summed E-state index contributed by atoms with van der Waals surface area (Å²) in [6.07, 6.45) is 0.630. The Balaban J connectivity index is 1.96. The van der Waals surface area contributed by atoms with E-state index in [1.165, 1.54) is 6.07 Å². The van der Waals surface area contributed by atoms with Gasteiger partial charge in [-0.2, -0.15) is 5.10 Å². The first-order valence-corrected chi connectivity index (χ1v) is 8.99. The lowest BCUT2D eigenvalue weighted by atomic mass is 10.1. The topological polar surface area (TPSA) is 95.8 Å². The summed E-state index contributed by atoms with van der Waals surface area (Å²) in [6, 6.07) is 4.54. The Hall–Kier alpha value is -1.60. The molecule has 0 spiro atoms. The second kappa shape index (κ2) is 6.66. The Morgan fingerprint density at radius 2 is 2.23 bits per heavy atom. The van der Waals surface area contributed by atoms with Crippen LogP contribution in [-0.2, 0) is 14.6 Å². The van der Waals surface area contributed by atoms with Crippen molar-refractivity contribution in [3.63, 3.8) is 0 Å². The third kappa shape index (κ3) is 4.45. The van der Waals surface area contributed by atoms with Gasteiger partial charge in [-0.3, -0.25) is 4.79 Å². The molecule has 0 aromatic heterocycles. The highest BCUT2D eigenvalue weighted by Crippen LogP contribution is 2.23. The molecule has 22 heavy (non-hydrogen) atoms. The molecule has 1 aliphatic heterocycles. The molecule has 0 saturated carbocycles. The van der Waals surface area contributed by atoms with Gasteiger partial charge in [0.2, 0.25) is 5.91 Å². The van der Waals surface area contributed by atoms with Crippen LogP contribution in [0.3, 0.4) is 0 Å². The molecular formula is C14H17ClN2O4S. The number of nitrogens with one attached hydrogen (secondary N) is 1. The maximum atomic E-state index is 11.8. The number of nitrogens with zero attached hydrogens (tertiary/aromatic N) is 1. The van der Waals surface area contributed by atoms with Gasteiger partial charge in [0.05, 0.1) is 17.2 Å². The van der Waals surface area contributed by atoms with Crippen LogP contribution < -0.4 is 5.43 Å². The average molecular weight is 345 g/mol. The first-order valence-electron chi connectivity index (χ1n) is 6.79. The Morgan fingerprint density at radius 3 is 2.86 bits per heavy atom. The molecule has 0 aliphatic carbocycles. The molecule has 1 fully saturated rings. The maximum Gasteiger partial charge on any atom is 0.240 e. The summed E-state index contributed by atoms with van der Waals surface area (Å²) in [5, 5.41) is 14.1. The van der Waals surface area contributed by atoms with E-state index in [-0.39, 0.29) is 35.5 Å². The number of carbonyl (C=O) groups is 1. The van der Waals surface area contributed by atoms with Crippen molar-refractivity contribution in [2.45, 2.75) is 19.8 Å². The lowest BCUT2D eigenvalue weighted by molar-refractivity contribution is -0.121. The number of rotatable bonds is 4. The summed E-state index contributed by atoms with van der Waals surface area (Å²) >= 11 is 5.85. The summed E-state index contributed by atoms with van der Waals surface area (Å²) < 4.78 is 22.7. The van der Waals surface area contributed by atoms with Crippen LogP contribution >= 0.6 is 11.6 Å². The molecule has 0 unspecified atom stereocenters. The lowest BCUT2D eigenvalue weighted by Gasteiger charge is -2.07. The minimum Gasteiger partial charge on any atom is -0.507 e. The highest BCUT2D eigenvalue weighted by molar-refractivity contribution is 7.91. The zero-order chi connectivity index (χ0) is 16.3. The number of amides is 1. The minimum atomic E-state index is -2.99. The van der Waals surface area contributed by atoms with Gasteiger partial charge in [0.1, 0.15) is 5.75 Å². The number of hydrazone groups is 1. The van der Waals surface area contributed by atoms with Crippen LogP contribution in [0.4, 0.5) is 0 Å². The van der Waals surface area contributed by atoms with Crippen molar-refractivity contribution in [2.75, 3.05) is 11.5 Å². The number of phenols is 1. The molecule has 2 rings (SSSR count). The molecule has 0 bridgehead atoms. The van der Waals surface area contributed by atoms with Crippen LogP contribution in [0.1, 0.15) is 25.3 Å². The van der Waals surface area contributed by atoms with Crippen molar-refractivity contribution in [2.24, 2.45) is 11.0 Å². The van der Waals surface area contributed by atoms with Gasteiger partial charge in [0.25, 0.3) is 0 Å². The fourth-order valence-corrected chi connectivity index (χ4v) is 4.38.